The van der Waals surface area contributed by atoms with Gasteiger partial charge in [0, 0.05) is 18.7 Å². The van der Waals surface area contributed by atoms with E-state index >= 15 is 0 Å². The molecule has 0 saturated heterocycles. The summed E-state index contributed by atoms with van der Waals surface area (Å²) in [6.07, 6.45) is 0. The van der Waals surface area contributed by atoms with E-state index in [-0.39, 0.29) is 34.3 Å². The molecule has 4 nitrogen and oxygen atoms in total. The number of rotatable bonds is 2. The van der Waals surface area contributed by atoms with Gasteiger partial charge in [-0.15, -0.1) is 11.6 Å². The van der Waals surface area contributed by atoms with Crippen LogP contribution in [0.2, 0.25) is 0 Å². The zero-order valence-electron chi connectivity index (χ0n) is 14.0. The van der Waals surface area contributed by atoms with E-state index in [9.17, 15) is 14.7 Å². The van der Waals surface area contributed by atoms with Gasteiger partial charge in [-0.05, 0) is 12.1 Å². The summed E-state index contributed by atoms with van der Waals surface area (Å²) < 4.78 is 0. The number of phenols is 1. The van der Waals surface area contributed by atoms with Crippen molar-refractivity contribution in [3.8, 4) is 17.6 Å². The van der Waals surface area contributed by atoms with Crippen LogP contribution in [0.4, 0.5) is 5.69 Å². The molecule has 1 amide bonds. The second kappa shape index (κ2) is 10.7. The number of benzene rings is 1. The largest absolute Gasteiger partial charge is 2.00 e. The van der Waals surface area contributed by atoms with Gasteiger partial charge in [0.1, 0.15) is 5.75 Å². The number of carbonyl (C=O) groups excluding carboxylic acids is 2. The topological polar surface area (TPSA) is 66.4 Å². The van der Waals surface area contributed by atoms with Gasteiger partial charge in [-0.1, -0.05) is 5.92 Å². The van der Waals surface area contributed by atoms with Crippen LogP contribution in [0.3, 0.4) is 0 Å². The molecule has 0 spiro atoms. The maximum atomic E-state index is 11.9. The molecule has 3 aromatic carbocycles. The molecule has 0 atom stereocenters. The first-order chi connectivity index (χ1) is 12.1. The fourth-order valence-corrected chi connectivity index (χ4v) is 1.98. The minimum absolute atomic E-state index is 0. The summed E-state index contributed by atoms with van der Waals surface area (Å²) in [7, 11) is 0. The van der Waals surface area contributed by atoms with E-state index in [1.807, 2.05) is 42.5 Å². The molecule has 0 heterocycles. The summed E-state index contributed by atoms with van der Waals surface area (Å²) in [4.78, 5) is 22.8. The van der Waals surface area contributed by atoms with Crippen molar-refractivity contribution in [2.75, 3.05) is 5.32 Å². The van der Waals surface area contributed by atoms with Gasteiger partial charge in [0.2, 0.25) is 11.7 Å². The Bertz CT molecular complexity index is 868. The van der Waals surface area contributed by atoms with Crippen molar-refractivity contribution in [2.45, 2.75) is 6.92 Å². The maximum absolute atomic E-state index is 11.9. The molecule has 0 unspecified atom stereocenters. The van der Waals surface area contributed by atoms with Gasteiger partial charge in [-0.2, -0.15) is 42.3 Å². The fraction of sp³-hybridized carbons (Fsp3) is 0.0476. The maximum Gasteiger partial charge on any atom is 2.00 e. The van der Waals surface area contributed by atoms with Gasteiger partial charge < -0.3 is 10.4 Å². The first-order valence-corrected chi connectivity index (χ1v) is 7.61. The van der Waals surface area contributed by atoms with Crippen molar-refractivity contribution in [3.05, 3.63) is 83.9 Å². The van der Waals surface area contributed by atoms with E-state index in [1.165, 1.54) is 19.1 Å². The van der Waals surface area contributed by atoms with Crippen LogP contribution in [0, 0.1) is 11.8 Å². The minimum Gasteiger partial charge on any atom is -0.507 e. The fourth-order valence-electron chi connectivity index (χ4n) is 1.98. The Kier molecular flexibility index (Phi) is 8.66. The normalized spacial score (nSPS) is 8.81. The van der Waals surface area contributed by atoms with Crippen LogP contribution in [0.5, 0.6) is 5.75 Å². The number of anilines is 1. The van der Waals surface area contributed by atoms with Crippen LogP contribution in [0.1, 0.15) is 22.8 Å². The Hall–Kier alpha value is -3.06. The Morgan fingerprint density at radius 3 is 2.31 bits per heavy atom. The number of hydrogen-bond acceptors (Lipinski definition) is 3. The van der Waals surface area contributed by atoms with E-state index in [0.29, 0.717) is 5.69 Å². The summed E-state index contributed by atoms with van der Waals surface area (Å²) in [6, 6.07) is 21.5. The number of ketones is 1. The standard InChI is InChI=1S/C16H12NO3.C5H5.Fe/c1-11(18)17-13-7-8-14(16(20)10-13)15(19)9-6-12-4-2-3-5-12;1-2-4-5-3-1;/h2-5,7-8,10,20H,1H3,(H,17,18);1-5H;/q2*-1;+2. The van der Waals surface area contributed by atoms with Gasteiger partial charge in [-0.3, -0.25) is 9.59 Å². The molecule has 0 aromatic heterocycles. The second-order valence-electron chi connectivity index (χ2n) is 5.13. The third-order valence-electron chi connectivity index (χ3n) is 3.10. The molecule has 3 aromatic rings. The molecule has 0 aliphatic rings. The van der Waals surface area contributed by atoms with Gasteiger partial charge in [0.05, 0.1) is 5.56 Å². The monoisotopic (exact) mass is 387 g/mol. The average Bonchev–Trinajstić information content (AvgIpc) is 3.28. The smallest absolute Gasteiger partial charge is 0.507 e. The van der Waals surface area contributed by atoms with Crippen molar-refractivity contribution < 1.29 is 31.8 Å². The molecule has 0 bridgehead atoms. The number of carbonyl (C=O) groups is 2. The van der Waals surface area contributed by atoms with Crippen molar-refractivity contribution in [2.24, 2.45) is 0 Å². The number of phenolic OH excluding ortho intramolecular Hbond substituents is 1. The van der Waals surface area contributed by atoms with Crippen LogP contribution in [-0.2, 0) is 21.9 Å². The zero-order chi connectivity index (χ0) is 18.1. The Balaban J connectivity index is 0.000000486. The molecule has 0 aliphatic heterocycles. The predicted octanol–water partition coefficient (Wildman–Crippen LogP) is 3.71. The first kappa shape index (κ1) is 21.0. The van der Waals surface area contributed by atoms with Gasteiger partial charge in [-0.25, -0.2) is 12.1 Å². The summed E-state index contributed by atoms with van der Waals surface area (Å²) in [5, 5.41) is 12.3. The van der Waals surface area contributed by atoms with E-state index in [1.54, 1.807) is 18.2 Å². The molecule has 0 saturated carbocycles. The minimum atomic E-state index is -0.474. The molecule has 0 aliphatic carbocycles. The molecular weight excluding hydrogens is 370 g/mol. The Morgan fingerprint density at radius 1 is 1.08 bits per heavy atom. The van der Waals surface area contributed by atoms with Crippen molar-refractivity contribution in [1.82, 2.24) is 0 Å². The average molecular weight is 387 g/mol. The van der Waals surface area contributed by atoms with Crippen molar-refractivity contribution in [3.63, 3.8) is 0 Å². The molecule has 0 radical (unpaired) electrons. The second-order valence-corrected chi connectivity index (χ2v) is 5.13. The summed E-state index contributed by atoms with van der Waals surface area (Å²) in [5.74, 6) is 4.25. The molecular formula is C21H17FeNO3. The molecule has 0 fully saturated rings. The van der Waals surface area contributed by atoms with Crippen molar-refractivity contribution in [1.29, 1.82) is 0 Å². The summed E-state index contributed by atoms with van der Waals surface area (Å²) in [6.45, 7) is 1.36. The SMILES string of the molecule is CC(=O)Nc1ccc(C(=O)C#Cc2ccc[cH-]2)c(O)c1.[Fe+2].c1cc[cH-]c1. The number of aromatic hydroxyl groups is 1. The Morgan fingerprint density at radius 2 is 1.81 bits per heavy atom. The number of Topliss-reactive ketones (excluding diaryl/α,β-unsaturated/α-hetero) is 1. The van der Waals surface area contributed by atoms with Gasteiger partial charge in [0.25, 0.3) is 0 Å². The van der Waals surface area contributed by atoms with Crippen LogP contribution in [0.25, 0.3) is 0 Å². The van der Waals surface area contributed by atoms with E-state index in [0.717, 1.165) is 5.56 Å². The number of amides is 1. The van der Waals surface area contributed by atoms with E-state index in [4.69, 9.17) is 0 Å². The van der Waals surface area contributed by atoms with Gasteiger partial charge in [0.15, 0.2) is 0 Å². The summed E-state index contributed by atoms with van der Waals surface area (Å²) >= 11 is 0. The van der Waals surface area contributed by atoms with Gasteiger partial charge >= 0.3 is 17.1 Å². The number of nitrogens with one attached hydrogen (secondary N) is 1. The first-order valence-electron chi connectivity index (χ1n) is 7.61. The molecule has 5 heteroatoms. The molecule has 2 N–H and O–H groups in total. The number of hydrogen-bond donors (Lipinski definition) is 2. The molecule has 26 heavy (non-hydrogen) atoms. The van der Waals surface area contributed by atoms with Crippen LogP contribution < -0.4 is 5.32 Å². The summed E-state index contributed by atoms with van der Waals surface area (Å²) in [5.41, 5.74) is 1.28. The van der Waals surface area contributed by atoms with E-state index < -0.39 is 5.78 Å². The third kappa shape index (κ3) is 6.82. The van der Waals surface area contributed by atoms with Crippen molar-refractivity contribution >= 4 is 17.4 Å². The Labute approximate surface area is 163 Å². The van der Waals surface area contributed by atoms with Crippen LogP contribution >= 0.6 is 0 Å². The molecule has 3 rings (SSSR count). The molecule has 132 valence electrons. The van der Waals surface area contributed by atoms with Crippen LogP contribution in [0.15, 0.2) is 72.8 Å². The predicted molar refractivity (Wildman–Crippen MR) is 97.7 cm³/mol. The third-order valence-corrected chi connectivity index (χ3v) is 3.10. The zero-order valence-corrected chi connectivity index (χ0v) is 15.1. The quantitative estimate of drug-likeness (QED) is 0.305. The van der Waals surface area contributed by atoms with Crippen LogP contribution in [-0.4, -0.2) is 16.8 Å². The van der Waals surface area contributed by atoms with E-state index in [2.05, 4.69) is 17.2 Å².